The molecule has 2 aliphatic heterocycles. The van der Waals surface area contributed by atoms with Gasteiger partial charge in [0.2, 0.25) is 11.8 Å². The van der Waals surface area contributed by atoms with E-state index in [0.29, 0.717) is 38.3 Å². The summed E-state index contributed by atoms with van der Waals surface area (Å²) < 4.78 is 0. The fourth-order valence-corrected chi connectivity index (χ4v) is 3.84. The molecule has 2 heterocycles. The van der Waals surface area contributed by atoms with Crippen molar-refractivity contribution in [3.05, 3.63) is 0 Å². The number of piperazine rings is 1. The zero-order chi connectivity index (χ0) is 17.0. The van der Waals surface area contributed by atoms with E-state index in [1.165, 1.54) is 0 Å². The van der Waals surface area contributed by atoms with E-state index in [9.17, 15) is 9.59 Å². The first-order chi connectivity index (χ1) is 10.9. The summed E-state index contributed by atoms with van der Waals surface area (Å²) in [5.41, 5.74) is -0.688. The van der Waals surface area contributed by atoms with Gasteiger partial charge in [-0.15, -0.1) is 0 Å². The molecule has 23 heavy (non-hydrogen) atoms. The Morgan fingerprint density at radius 2 is 1.91 bits per heavy atom. The molecule has 2 aliphatic rings. The van der Waals surface area contributed by atoms with Gasteiger partial charge in [0, 0.05) is 26.2 Å². The Balaban J connectivity index is 2.18. The summed E-state index contributed by atoms with van der Waals surface area (Å²) in [7, 11) is 0. The molecule has 0 aromatic heterocycles. The standard InChI is InChI=1S/C17H31N3O3/c1-4-7-20-15(22)14(12-13(2)3)18-16(23)17(20)5-8-19(9-6-17)10-11-21/h13-14,21H,4-12H2,1-3H3,(H,18,23). The molecular formula is C17H31N3O3. The monoisotopic (exact) mass is 325 g/mol. The van der Waals surface area contributed by atoms with Crippen LogP contribution in [0.4, 0.5) is 0 Å². The molecule has 0 saturated carbocycles. The lowest BCUT2D eigenvalue weighted by molar-refractivity contribution is -0.161. The first-order valence-corrected chi connectivity index (χ1v) is 8.90. The van der Waals surface area contributed by atoms with E-state index in [-0.39, 0.29) is 24.5 Å². The van der Waals surface area contributed by atoms with Gasteiger partial charge in [-0.05, 0) is 31.6 Å². The summed E-state index contributed by atoms with van der Waals surface area (Å²) in [6, 6.07) is -0.379. The van der Waals surface area contributed by atoms with Crippen LogP contribution in [0.15, 0.2) is 0 Å². The molecule has 132 valence electrons. The number of hydrogen-bond donors (Lipinski definition) is 2. The minimum atomic E-state index is -0.688. The van der Waals surface area contributed by atoms with Gasteiger partial charge in [-0.3, -0.25) is 9.59 Å². The predicted molar refractivity (Wildman–Crippen MR) is 88.9 cm³/mol. The Morgan fingerprint density at radius 1 is 1.26 bits per heavy atom. The zero-order valence-corrected chi connectivity index (χ0v) is 14.7. The van der Waals surface area contributed by atoms with Crippen molar-refractivity contribution >= 4 is 11.8 Å². The van der Waals surface area contributed by atoms with Gasteiger partial charge in [0.05, 0.1) is 6.61 Å². The molecule has 1 unspecified atom stereocenters. The SMILES string of the molecule is CCCN1C(=O)C(CC(C)C)NC(=O)C12CCN(CCO)CC2. The molecule has 0 aromatic rings. The molecule has 0 radical (unpaired) electrons. The largest absolute Gasteiger partial charge is 0.395 e. The van der Waals surface area contributed by atoms with Crippen molar-refractivity contribution in [2.45, 2.75) is 58.0 Å². The fourth-order valence-electron chi connectivity index (χ4n) is 3.84. The Bertz CT molecular complexity index is 431. The summed E-state index contributed by atoms with van der Waals surface area (Å²) in [4.78, 5) is 29.8. The number of nitrogens with zero attached hydrogens (tertiary/aromatic N) is 2. The Hall–Kier alpha value is -1.14. The third-order valence-electron chi connectivity index (χ3n) is 5.06. The number of piperidine rings is 1. The van der Waals surface area contributed by atoms with Crippen LogP contribution in [0.3, 0.4) is 0 Å². The molecule has 2 rings (SSSR count). The Morgan fingerprint density at radius 3 is 2.43 bits per heavy atom. The third-order valence-corrected chi connectivity index (χ3v) is 5.06. The maximum absolute atomic E-state index is 12.9. The normalized spacial score (nSPS) is 25.3. The number of hydrogen-bond acceptors (Lipinski definition) is 4. The minimum Gasteiger partial charge on any atom is -0.395 e. The second-order valence-electron chi connectivity index (χ2n) is 7.24. The molecule has 2 fully saturated rings. The first-order valence-electron chi connectivity index (χ1n) is 8.90. The molecule has 1 spiro atoms. The van der Waals surface area contributed by atoms with Crippen LogP contribution >= 0.6 is 0 Å². The summed E-state index contributed by atoms with van der Waals surface area (Å²) in [5.74, 6) is 0.462. The first kappa shape index (κ1) is 18.2. The highest BCUT2D eigenvalue weighted by Crippen LogP contribution is 2.33. The van der Waals surface area contributed by atoms with E-state index in [2.05, 4.69) is 24.1 Å². The number of aliphatic hydroxyl groups excluding tert-OH is 1. The molecule has 6 nitrogen and oxygen atoms in total. The van der Waals surface area contributed by atoms with Gasteiger partial charge in [0.1, 0.15) is 11.6 Å². The highest BCUT2D eigenvalue weighted by atomic mass is 16.3. The molecule has 0 aromatic carbocycles. The van der Waals surface area contributed by atoms with Crippen molar-refractivity contribution in [2.24, 2.45) is 5.92 Å². The van der Waals surface area contributed by atoms with E-state index in [1.807, 2.05) is 11.8 Å². The zero-order valence-electron chi connectivity index (χ0n) is 14.7. The molecule has 0 bridgehead atoms. The van der Waals surface area contributed by atoms with Crippen molar-refractivity contribution in [2.75, 3.05) is 32.8 Å². The summed E-state index contributed by atoms with van der Waals surface area (Å²) in [6.45, 7) is 9.09. The Labute approximate surface area is 139 Å². The number of aliphatic hydroxyl groups is 1. The third kappa shape index (κ3) is 3.69. The van der Waals surface area contributed by atoms with E-state index in [4.69, 9.17) is 5.11 Å². The van der Waals surface area contributed by atoms with Crippen LogP contribution in [0.1, 0.15) is 46.5 Å². The van der Waals surface area contributed by atoms with Crippen LogP contribution < -0.4 is 5.32 Å². The van der Waals surface area contributed by atoms with Crippen molar-refractivity contribution in [3.63, 3.8) is 0 Å². The lowest BCUT2D eigenvalue weighted by atomic mass is 9.81. The average molecular weight is 325 g/mol. The van der Waals surface area contributed by atoms with Crippen LogP contribution in [0.5, 0.6) is 0 Å². The number of amides is 2. The number of carbonyl (C=O) groups is 2. The van der Waals surface area contributed by atoms with Gasteiger partial charge in [0.15, 0.2) is 0 Å². The molecule has 2 N–H and O–H groups in total. The van der Waals surface area contributed by atoms with Crippen LogP contribution in [0, 0.1) is 5.92 Å². The molecule has 1 atom stereocenters. The molecule has 0 aliphatic carbocycles. The number of β-amino-alcohol motifs (C(OH)–C–C–N with tert-alkyl or cyclic N) is 1. The highest BCUT2D eigenvalue weighted by molar-refractivity contribution is 6.00. The lowest BCUT2D eigenvalue weighted by Crippen LogP contribution is -2.73. The second-order valence-corrected chi connectivity index (χ2v) is 7.24. The van der Waals surface area contributed by atoms with E-state index in [0.717, 1.165) is 19.5 Å². The van der Waals surface area contributed by atoms with Gasteiger partial charge in [-0.1, -0.05) is 20.8 Å². The van der Waals surface area contributed by atoms with Gasteiger partial charge in [0.25, 0.3) is 0 Å². The van der Waals surface area contributed by atoms with Crippen molar-refractivity contribution in [1.82, 2.24) is 15.1 Å². The van der Waals surface area contributed by atoms with Crippen LogP contribution in [0.2, 0.25) is 0 Å². The topological polar surface area (TPSA) is 72.9 Å². The van der Waals surface area contributed by atoms with Gasteiger partial charge in [-0.25, -0.2) is 0 Å². The molecule has 2 saturated heterocycles. The summed E-state index contributed by atoms with van der Waals surface area (Å²) in [5, 5.41) is 12.1. The van der Waals surface area contributed by atoms with Gasteiger partial charge in [-0.2, -0.15) is 0 Å². The van der Waals surface area contributed by atoms with Crippen LogP contribution in [-0.4, -0.2) is 71.1 Å². The maximum Gasteiger partial charge on any atom is 0.246 e. The summed E-state index contributed by atoms with van der Waals surface area (Å²) in [6.07, 6.45) is 2.85. The van der Waals surface area contributed by atoms with E-state index in [1.54, 1.807) is 0 Å². The Kier molecular flexibility index (Phi) is 6.03. The van der Waals surface area contributed by atoms with Gasteiger partial charge < -0.3 is 20.2 Å². The number of likely N-dealkylation sites (tertiary alicyclic amines) is 1. The summed E-state index contributed by atoms with van der Waals surface area (Å²) >= 11 is 0. The number of carbonyl (C=O) groups excluding carboxylic acids is 2. The van der Waals surface area contributed by atoms with Gasteiger partial charge >= 0.3 is 0 Å². The van der Waals surface area contributed by atoms with E-state index >= 15 is 0 Å². The average Bonchev–Trinajstić information content (AvgIpc) is 2.51. The highest BCUT2D eigenvalue weighted by Gasteiger charge is 2.53. The lowest BCUT2D eigenvalue weighted by Gasteiger charge is -2.51. The van der Waals surface area contributed by atoms with Crippen molar-refractivity contribution in [1.29, 1.82) is 0 Å². The van der Waals surface area contributed by atoms with Crippen LogP contribution in [0.25, 0.3) is 0 Å². The number of nitrogens with one attached hydrogen (secondary N) is 1. The quantitative estimate of drug-likeness (QED) is 0.750. The molecule has 2 amide bonds. The number of rotatable bonds is 6. The smallest absolute Gasteiger partial charge is 0.246 e. The van der Waals surface area contributed by atoms with Crippen molar-refractivity contribution < 1.29 is 14.7 Å². The maximum atomic E-state index is 12.9. The second kappa shape index (κ2) is 7.62. The molecule has 6 heteroatoms. The fraction of sp³-hybridized carbons (Fsp3) is 0.882. The van der Waals surface area contributed by atoms with E-state index < -0.39 is 5.54 Å². The predicted octanol–water partition coefficient (Wildman–Crippen LogP) is 0.596. The van der Waals surface area contributed by atoms with Crippen molar-refractivity contribution in [3.8, 4) is 0 Å². The minimum absolute atomic E-state index is 0.0137. The van der Waals surface area contributed by atoms with Crippen LogP contribution in [-0.2, 0) is 9.59 Å². The molecular weight excluding hydrogens is 294 g/mol.